The zero-order valence-corrected chi connectivity index (χ0v) is 18.3. The second-order valence-corrected chi connectivity index (χ2v) is 9.58. The van der Waals surface area contributed by atoms with Gasteiger partial charge in [-0.25, -0.2) is 0 Å². The van der Waals surface area contributed by atoms with Gasteiger partial charge in [-0.1, -0.05) is 52.0 Å². The third-order valence-corrected chi connectivity index (χ3v) is 6.70. The van der Waals surface area contributed by atoms with Gasteiger partial charge in [-0.05, 0) is 34.6 Å². The molecule has 1 aromatic rings. The van der Waals surface area contributed by atoms with Gasteiger partial charge in [0.2, 0.25) is 0 Å². The van der Waals surface area contributed by atoms with Crippen molar-refractivity contribution >= 4 is 5.71 Å². The van der Waals surface area contributed by atoms with Crippen LogP contribution in [0.4, 0.5) is 0 Å². The summed E-state index contributed by atoms with van der Waals surface area (Å²) < 4.78 is 0. The Labute approximate surface area is 179 Å². The van der Waals surface area contributed by atoms with E-state index in [4.69, 9.17) is 5.41 Å². The van der Waals surface area contributed by atoms with Crippen molar-refractivity contribution in [1.82, 2.24) is 0 Å². The Morgan fingerprint density at radius 3 is 2.27 bits per heavy atom. The highest BCUT2D eigenvalue weighted by atomic mass is 15.1. The van der Waals surface area contributed by atoms with Crippen LogP contribution in [0.1, 0.15) is 51.2 Å². The average molecular weight is 401 g/mol. The van der Waals surface area contributed by atoms with Crippen molar-refractivity contribution < 1.29 is 4.90 Å². The second kappa shape index (κ2) is 8.06. The molecule has 1 fully saturated rings. The van der Waals surface area contributed by atoms with Crippen molar-refractivity contribution in [3.63, 3.8) is 0 Å². The Morgan fingerprint density at radius 2 is 1.77 bits per heavy atom. The summed E-state index contributed by atoms with van der Waals surface area (Å²) >= 11 is 0. The lowest BCUT2D eigenvalue weighted by Gasteiger charge is -2.46. The fourth-order valence-electron chi connectivity index (χ4n) is 5.09. The number of hydrogen-bond donors (Lipinski definition) is 2. The normalized spacial score (nSPS) is 27.8. The van der Waals surface area contributed by atoms with Crippen LogP contribution in [0, 0.1) is 56.7 Å². The van der Waals surface area contributed by atoms with Crippen molar-refractivity contribution in [3.8, 4) is 18.2 Å². The molecule has 0 bridgehead atoms. The predicted octanol–water partition coefficient (Wildman–Crippen LogP) is 3.13. The monoisotopic (exact) mass is 400 g/mol. The molecule has 0 saturated heterocycles. The van der Waals surface area contributed by atoms with Gasteiger partial charge in [0.1, 0.15) is 5.92 Å². The van der Waals surface area contributed by atoms with Gasteiger partial charge in [-0.3, -0.25) is 0 Å². The van der Waals surface area contributed by atoms with E-state index in [1.807, 2.05) is 12.1 Å². The number of benzene rings is 1. The molecule has 30 heavy (non-hydrogen) atoms. The van der Waals surface area contributed by atoms with E-state index in [2.05, 4.69) is 64.1 Å². The first-order valence-electron chi connectivity index (χ1n) is 10.7. The van der Waals surface area contributed by atoms with Gasteiger partial charge in [0.05, 0.1) is 43.6 Å². The fourth-order valence-corrected chi connectivity index (χ4v) is 5.09. The molecule has 1 aliphatic heterocycles. The quantitative estimate of drug-likeness (QED) is 0.762. The van der Waals surface area contributed by atoms with E-state index in [1.165, 1.54) is 10.5 Å². The summed E-state index contributed by atoms with van der Waals surface area (Å²) in [4.78, 5) is 1.40. The minimum absolute atomic E-state index is 0.00320. The molecule has 0 amide bonds. The van der Waals surface area contributed by atoms with E-state index >= 15 is 0 Å². The summed E-state index contributed by atoms with van der Waals surface area (Å²) in [6.07, 6.45) is 3.14. The SMILES string of the molecule is CCC[NH+]1CC=C2C(C#N)C(=N)C(C#N)(C#N)[C@@H](c3ccc(C(C)(C)C)cc3)[C@H]2C1. The van der Waals surface area contributed by atoms with Gasteiger partial charge >= 0.3 is 0 Å². The summed E-state index contributed by atoms with van der Waals surface area (Å²) in [5.41, 5.74) is 1.32. The highest BCUT2D eigenvalue weighted by Crippen LogP contribution is 2.52. The third-order valence-electron chi connectivity index (χ3n) is 6.70. The summed E-state index contributed by atoms with van der Waals surface area (Å²) in [6.45, 7) is 11.2. The van der Waals surface area contributed by atoms with Gasteiger partial charge in [0.15, 0.2) is 5.41 Å². The molecule has 4 atom stereocenters. The van der Waals surface area contributed by atoms with E-state index in [-0.39, 0.29) is 17.0 Å². The highest BCUT2D eigenvalue weighted by Gasteiger charge is 2.58. The second-order valence-electron chi connectivity index (χ2n) is 9.58. The fraction of sp³-hybridized carbons (Fsp3) is 0.520. The number of quaternary nitrogens is 1. The van der Waals surface area contributed by atoms with Crippen molar-refractivity contribution in [2.45, 2.75) is 45.4 Å². The number of rotatable bonds is 3. The van der Waals surface area contributed by atoms with E-state index in [0.29, 0.717) is 0 Å². The van der Waals surface area contributed by atoms with Crippen molar-refractivity contribution in [1.29, 1.82) is 21.2 Å². The number of hydrogen-bond acceptors (Lipinski definition) is 4. The number of nitrogens with one attached hydrogen (secondary N) is 2. The lowest BCUT2D eigenvalue weighted by Crippen LogP contribution is -3.13. The summed E-state index contributed by atoms with van der Waals surface area (Å²) in [7, 11) is 0. The Morgan fingerprint density at radius 1 is 1.13 bits per heavy atom. The van der Waals surface area contributed by atoms with E-state index in [9.17, 15) is 15.8 Å². The zero-order chi connectivity index (χ0) is 22.1. The number of nitrogens with zero attached hydrogens (tertiary/aromatic N) is 3. The van der Waals surface area contributed by atoms with Gasteiger partial charge in [-0.15, -0.1) is 0 Å². The zero-order valence-electron chi connectivity index (χ0n) is 18.3. The Balaban J connectivity index is 2.18. The molecule has 0 spiro atoms. The summed E-state index contributed by atoms with van der Waals surface area (Å²) in [5.74, 6) is -1.33. The molecule has 1 aromatic carbocycles. The van der Waals surface area contributed by atoms with E-state index < -0.39 is 17.3 Å². The Hall–Kier alpha value is -2.94. The van der Waals surface area contributed by atoms with Crippen LogP contribution in [0.15, 0.2) is 35.9 Å². The summed E-state index contributed by atoms with van der Waals surface area (Å²) in [6, 6.07) is 14.7. The minimum Gasteiger partial charge on any atom is -0.331 e. The van der Waals surface area contributed by atoms with Crippen LogP contribution in [0.5, 0.6) is 0 Å². The first-order chi connectivity index (χ1) is 14.2. The van der Waals surface area contributed by atoms with Gasteiger partial charge in [0.25, 0.3) is 0 Å². The molecule has 0 aromatic heterocycles. The minimum atomic E-state index is -1.62. The lowest BCUT2D eigenvalue weighted by atomic mass is 9.54. The average Bonchev–Trinajstić information content (AvgIpc) is 2.73. The van der Waals surface area contributed by atoms with Crippen molar-refractivity contribution in [2.75, 3.05) is 19.6 Å². The van der Waals surface area contributed by atoms with Gasteiger partial charge < -0.3 is 10.3 Å². The van der Waals surface area contributed by atoms with Crippen LogP contribution in [0.3, 0.4) is 0 Å². The molecule has 0 radical (unpaired) electrons. The van der Waals surface area contributed by atoms with Crippen LogP contribution in [0.2, 0.25) is 0 Å². The number of nitriles is 3. The standard InChI is InChI=1S/C25H29N5/c1-5-11-30-12-10-19-20(13-26)23(29)25(15-27,16-28)22(21(19)14-30)17-6-8-18(9-7-17)24(2,3)4/h6-10,20-22,29H,5,11-12,14H2,1-4H3/p+1/t20?,21-,22-/m0/s1. The van der Waals surface area contributed by atoms with E-state index in [1.54, 1.807) is 0 Å². The summed E-state index contributed by atoms with van der Waals surface area (Å²) in [5, 5.41) is 38.8. The molecule has 5 nitrogen and oxygen atoms in total. The van der Waals surface area contributed by atoms with Gasteiger partial charge in [-0.2, -0.15) is 15.8 Å². The maximum absolute atomic E-state index is 10.2. The highest BCUT2D eigenvalue weighted by molar-refractivity contribution is 6.00. The Bertz CT molecular complexity index is 961. The molecule has 2 unspecified atom stereocenters. The molecule has 2 aliphatic rings. The third kappa shape index (κ3) is 3.43. The molecular formula is C25H30N5+. The van der Waals surface area contributed by atoms with Crippen molar-refractivity contribution in [2.24, 2.45) is 17.3 Å². The van der Waals surface area contributed by atoms with Crippen LogP contribution in [0.25, 0.3) is 0 Å². The van der Waals surface area contributed by atoms with Crippen LogP contribution >= 0.6 is 0 Å². The van der Waals surface area contributed by atoms with Crippen LogP contribution in [-0.4, -0.2) is 25.3 Å². The van der Waals surface area contributed by atoms with Crippen LogP contribution in [-0.2, 0) is 5.41 Å². The van der Waals surface area contributed by atoms with Crippen molar-refractivity contribution in [3.05, 3.63) is 47.0 Å². The molecule has 3 rings (SSSR count). The maximum atomic E-state index is 10.2. The smallest absolute Gasteiger partial charge is 0.189 e. The predicted molar refractivity (Wildman–Crippen MR) is 116 cm³/mol. The molecule has 1 saturated carbocycles. The molecule has 1 heterocycles. The first-order valence-corrected chi connectivity index (χ1v) is 10.7. The van der Waals surface area contributed by atoms with Crippen LogP contribution < -0.4 is 4.90 Å². The molecule has 2 N–H and O–H groups in total. The number of fused-ring (bicyclic) bond motifs is 1. The largest absolute Gasteiger partial charge is 0.331 e. The molecule has 1 aliphatic carbocycles. The topological polar surface area (TPSA) is 99.7 Å². The molecule has 154 valence electrons. The van der Waals surface area contributed by atoms with E-state index in [0.717, 1.165) is 37.2 Å². The molecule has 5 heteroatoms. The Kier molecular flexibility index (Phi) is 5.85. The first kappa shape index (κ1) is 21.8. The molecular weight excluding hydrogens is 370 g/mol. The lowest BCUT2D eigenvalue weighted by molar-refractivity contribution is -0.899. The maximum Gasteiger partial charge on any atom is 0.189 e. The van der Waals surface area contributed by atoms with Gasteiger partial charge in [0, 0.05) is 11.8 Å².